The van der Waals surface area contributed by atoms with Gasteiger partial charge in [0.1, 0.15) is 5.82 Å². The van der Waals surface area contributed by atoms with Gasteiger partial charge in [-0.25, -0.2) is 9.97 Å². The molecular formula is C23H16N2O5. The van der Waals surface area contributed by atoms with E-state index in [1.807, 2.05) is 48.5 Å². The summed E-state index contributed by atoms with van der Waals surface area (Å²) in [4.78, 5) is 9.04. The first-order valence-electron chi connectivity index (χ1n) is 9.17. The lowest BCUT2D eigenvalue weighted by Crippen LogP contribution is -1.97. The maximum Gasteiger partial charge on any atom is 0.208 e. The van der Waals surface area contributed by atoms with Crippen LogP contribution in [-0.2, 0) is 0 Å². The summed E-state index contributed by atoms with van der Waals surface area (Å²) in [6, 6.07) is 15.3. The largest absolute Gasteiger partial charge is 0.504 e. The van der Waals surface area contributed by atoms with Crippen molar-refractivity contribution in [2.45, 2.75) is 6.92 Å². The third-order valence-corrected chi connectivity index (χ3v) is 5.30. The molecule has 0 aliphatic carbocycles. The molecular weight excluding hydrogens is 384 g/mol. The van der Waals surface area contributed by atoms with E-state index in [9.17, 15) is 25.5 Å². The van der Waals surface area contributed by atoms with E-state index in [-0.39, 0.29) is 11.3 Å². The number of hydrogen-bond donors (Lipinski definition) is 5. The number of benzene rings is 4. The van der Waals surface area contributed by atoms with E-state index in [1.54, 1.807) is 6.92 Å². The number of aromatic nitrogens is 2. The number of fused-ring (bicyclic) bond motifs is 6. The second kappa shape index (κ2) is 6.12. The Morgan fingerprint density at radius 1 is 0.567 bits per heavy atom. The fraction of sp³-hybridized carbons (Fsp3) is 0.0435. The molecule has 30 heavy (non-hydrogen) atoms. The van der Waals surface area contributed by atoms with E-state index in [2.05, 4.69) is 9.97 Å². The van der Waals surface area contributed by atoms with Gasteiger partial charge in [-0.1, -0.05) is 48.5 Å². The minimum atomic E-state index is -1.01. The van der Waals surface area contributed by atoms with E-state index >= 15 is 0 Å². The topological polar surface area (TPSA) is 127 Å². The molecule has 7 nitrogen and oxygen atoms in total. The molecule has 1 aromatic heterocycles. The Morgan fingerprint density at radius 2 is 1.03 bits per heavy atom. The number of phenols is 5. The molecule has 7 heteroatoms. The summed E-state index contributed by atoms with van der Waals surface area (Å²) in [6.07, 6.45) is 0. The number of phenolic OH excluding ortho intramolecular Hbond substituents is 5. The average Bonchev–Trinajstić information content (AvgIpc) is 2.76. The van der Waals surface area contributed by atoms with Gasteiger partial charge < -0.3 is 25.5 Å². The molecule has 0 unspecified atom stereocenters. The predicted molar refractivity (Wildman–Crippen MR) is 113 cm³/mol. The molecule has 5 N–H and O–H groups in total. The van der Waals surface area contributed by atoms with Crippen molar-refractivity contribution in [3.05, 3.63) is 54.4 Å². The Kier molecular flexibility index (Phi) is 3.63. The molecule has 0 saturated carbocycles. The number of aromatic hydroxyl groups is 5. The SMILES string of the molecule is Cc1nc(-c2c(O)c(O)c(O)c(O)c2O)c2c3ccccc3c3ccccc3c2n1. The van der Waals surface area contributed by atoms with Crippen molar-refractivity contribution in [2.75, 3.05) is 0 Å². The fourth-order valence-corrected chi connectivity index (χ4v) is 3.97. The molecule has 0 aliphatic rings. The fourth-order valence-electron chi connectivity index (χ4n) is 3.97. The zero-order chi connectivity index (χ0) is 21.2. The standard InChI is InChI=1S/C23H16N2O5/c1-10-24-17-14-9-5-3-7-12(14)11-6-2-4-8-13(11)15(17)18(25-10)16-19(26)21(28)23(30)22(29)20(16)27/h2-9,26-30H,1H3. The highest BCUT2D eigenvalue weighted by molar-refractivity contribution is 6.27. The van der Waals surface area contributed by atoms with Crippen molar-refractivity contribution < 1.29 is 25.5 Å². The highest BCUT2D eigenvalue weighted by atomic mass is 16.4. The second-order valence-corrected chi connectivity index (χ2v) is 7.05. The first-order valence-corrected chi connectivity index (χ1v) is 9.17. The Morgan fingerprint density at radius 3 is 1.63 bits per heavy atom. The maximum atomic E-state index is 10.5. The smallest absolute Gasteiger partial charge is 0.208 e. The predicted octanol–water partition coefficient (Wildman–Crippen LogP) is 4.44. The van der Waals surface area contributed by atoms with Crippen molar-refractivity contribution in [1.82, 2.24) is 9.97 Å². The van der Waals surface area contributed by atoms with Crippen LogP contribution >= 0.6 is 0 Å². The molecule has 0 radical (unpaired) electrons. The summed E-state index contributed by atoms with van der Waals surface area (Å²) in [5.41, 5.74) is 0.427. The molecule has 5 rings (SSSR count). The van der Waals surface area contributed by atoms with E-state index in [0.717, 1.165) is 21.5 Å². The number of nitrogens with zero attached hydrogens (tertiary/aromatic N) is 2. The molecule has 0 bridgehead atoms. The van der Waals surface area contributed by atoms with Crippen LogP contribution in [0.3, 0.4) is 0 Å². The van der Waals surface area contributed by atoms with Crippen molar-refractivity contribution in [1.29, 1.82) is 0 Å². The minimum Gasteiger partial charge on any atom is -0.504 e. The third-order valence-electron chi connectivity index (χ3n) is 5.30. The van der Waals surface area contributed by atoms with Crippen molar-refractivity contribution in [3.8, 4) is 40.0 Å². The molecule has 0 atom stereocenters. The molecule has 0 amide bonds. The first-order chi connectivity index (χ1) is 14.4. The first kappa shape index (κ1) is 17.8. The number of aryl methyl sites for hydroxylation is 1. The van der Waals surface area contributed by atoms with Crippen LogP contribution < -0.4 is 0 Å². The van der Waals surface area contributed by atoms with Crippen LogP contribution in [0.1, 0.15) is 5.82 Å². The molecule has 148 valence electrons. The maximum absolute atomic E-state index is 10.5. The van der Waals surface area contributed by atoms with Crippen molar-refractivity contribution in [3.63, 3.8) is 0 Å². The van der Waals surface area contributed by atoms with Crippen molar-refractivity contribution in [2.24, 2.45) is 0 Å². The summed E-state index contributed by atoms with van der Waals surface area (Å²) in [6.45, 7) is 1.67. The van der Waals surface area contributed by atoms with Crippen LogP contribution in [0.4, 0.5) is 0 Å². The number of rotatable bonds is 1. The van der Waals surface area contributed by atoms with E-state index in [0.29, 0.717) is 16.7 Å². The monoisotopic (exact) mass is 400 g/mol. The molecule has 1 heterocycles. The highest BCUT2D eigenvalue weighted by Crippen LogP contribution is 2.55. The molecule has 0 spiro atoms. The summed E-state index contributed by atoms with van der Waals surface area (Å²) in [7, 11) is 0. The van der Waals surface area contributed by atoms with Crippen LogP contribution in [0.5, 0.6) is 28.7 Å². The van der Waals surface area contributed by atoms with Crippen LogP contribution in [0.15, 0.2) is 48.5 Å². The van der Waals surface area contributed by atoms with E-state index in [1.165, 1.54) is 0 Å². The van der Waals surface area contributed by atoms with Gasteiger partial charge in [0.15, 0.2) is 11.5 Å². The van der Waals surface area contributed by atoms with Gasteiger partial charge in [-0.05, 0) is 23.1 Å². The van der Waals surface area contributed by atoms with Gasteiger partial charge in [-0.15, -0.1) is 0 Å². The summed E-state index contributed by atoms with van der Waals surface area (Å²) in [5.74, 6) is -4.13. The van der Waals surface area contributed by atoms with Crippen LogP contribution in [0.25, 0.3) is 43.7 Å². The Labute approximate surface area is 169 Å². The minimum absolute atomic E-state index is 0.125. The van der Waals surface area contributed by atoms with Gasteiger partial charge >= 0.3 is 0 Å². The van der Waals surface area contributed by atoms with Gasteiger partial charge in [0.25, 0.3) is 0 Å². The zero-order valence-electron chi connectivity index (χ0n) is 15.7. The summed E-state index contributed by atoms with van der Waals surface area (Å²) < 4.78 is 0. The van der Waals surface area contributed by atoms with Gasteiger partial charge in [0, 0.05) is 10.8 Å². The molecule has 0 fully saturated rings. The van der Waals surface area contributed by atoms with E-state index in [4.69, 9.17) is 0 Å². The van der Waals surface area contributed by atoms with E-state index < -0.39 is 28.7 Å². The van der Waals surface area contributed by atoms with Crippen LogP contribution in [0, 0.1) is 6.92 Å². The second-order valence-electron chi connectivity index (χ2n) is 7.05. The number of hydrogen-bond acceptors (Lipinski definition) is 7. The third kappa shape index (κ3) is 2.26. The van der Waals surface area contributed by atoms with Gasteiger partial charge in [0.2, 0.25) is 17.2 Å². The summed E-state index contributed by atoms with van der Waals surface area (Å²) in [5, 5.41) is 55.0. The lowest BCUT2D eigenvalue weighted by atomic mass is 9.93. The zero-order valence-corrected chi connectivity index (χ0v) is 15.7. The lowest BCUT2D eigenvalue weighted by molar-refractivity contribution is 0.330. The Hall–Kier alpha value is -4.26. The van der Waals surface area contributed by atoms with Gasteiger partial charge in [0.05, 0.1) is 16.8 Å². The quantitative estimate of drug-likeness (QED) is 0.160. The summed E-state index contributed by atoms with van der Waals surface area (Å²) >= 11 is 0. The lowest BCUT2D eigenvalue weighted by Gasteiger charge is -2.16. The Bertz CT molecular complexity index is 1480. The normalized spacial score (nSPS) is 11.5. The Balaban J connectivity index is 2.10. The van der Waals surface area contributed by atoms with Crippen LogP contribution in [-0.4, -0.2) is 35.5 Å². The van der Waals surface area contributed by atoms with Crippen LogP contribution in [0.2, 0.25) is 0 Å². The average molecular weight is 400 g/mol. The molecule has 0 saturated heterocycles. The molecule has 0 aliphatic heterocycles. The molecule has 4 aromatic carbocycles. The van der Waals surface area contributed by atoms with Gasteiger partial charge in [-0.2, -0.15) is 0 Å². The van der Waals surface area contributed by atoms with Gasteiger partial charge in [-0.3, -0.25) is 0 Å². The molecule has 5 aromatic rings. The highest BCUT2D eigenvalue weighted by Gasteiger charge is 2.27. The van der Waals surface area contributed by atoms with Crippen molar-refractivity contribution >= 4 is 32.4 Å².